The molecule has 0 bridgehead atoms. The first-order valence-corrected chi connectivity index (χ1v) is 10.6. The van der Waals surface area contributed by atoms with Crippen molar-refractivity contribution in [3.05, 3.63) is 69.0 Å². The molecule has 0 saturated heterocycles. The second-order valence-electron chi connectivity index (χ2n) is 7.29. The zero-order valence-electron chi connectivity index (χ0n) is 16.6. The number of aromatic nitrogens is 3. The fourth-order valence-electron chi connectivity index (χ4n) is 3.53. The number of benzene rings is 1. The standard InChI is InChI=1S/C21H19BrClN5O2/c1-12(2)26-11-27(18-13(3)6-4-7-14(18)20(26)29)21(30)16-10-17(22)25-28(16)19-15(23)8-5-9-24-19/h4-10,12H,11H2,1-3H3. The molecule has 7 nitrogen and oxygen atoms in total. The minimum atomic E-state index is -0.302. The Bertz CT molecular complexity index is 1160. The number of carbonyl (C=O) groups excluding carboxylic acids is 2. The van der Waals surface area contributed by atoms with Crippen molar-refractivity contribution in [2.24, 2.45) is 0 Å². The summed E-state index contributed by atoms with van der Waals surface area (Å²) in [4.78, 5) is 34.3. The molecule has 3 aromatic rings. The van der Waals surface area contributed by atoms with E-state index in [2.05, 4.69) is 26.0 Å². The second-order valence-corrected chi connectivity index (χ2v) is 8.51. The fourth-order valence-corrected chi connectivity index (χ4v) is 4.11. The van der Waals surface area contributed by atoms with E-state index in [4.69, 9.17) is 11.6 Å². The summed E-state index contributed by atoms with van der Waals surface area (Å²) in [5.74, 6) is -0.0362. The highest BCUT2D eigenvalue weighted by molar-refractivity contribution is 9.10. The molecule has 0 spiro atoms. The molecule has 0 fully saturated rings. The van der Waals surface area contributed by atoms with Crippen LogP contribution in [-0.2, 0) is 0 Å². The van der Waals surface area contributed by atoms with Gasteiger partial charge in [-0.1, -0.05) is 23.7 Å². The highest BCUT2D eigenvalue weighted by atomic mass is 79.9. The summed E-state index contributed by atoms with van der Waals surface area (Å²) in [5, 5.41) is 4.74. The highest BCUT2D eigenvalue weighted by Gasteiger charge is 2.36. The highest BCUT2D eigenvalue weighted by Crippen LogP contribution is 2.33. The Labute approximate surface area is 187 Å². The molecular weight excluding hydrogens is 470 g/mol. The van der Waals surface area contributed by atoms with E-state index < -0.39 is 0 Å². The Morgan fingerprint density at radius 2 is 2.00 bits per heavy atom. The Balaban J connectivity index is 1.86. The Hall–Kier alpha value is -2.71. The zero-order chi connectivity index (χ0) is 21.6. The fraction of sp³-hybridized carbons (Fsp3) is 0.238. The van der Waals surface area contributed by atoms with Crippen LogP contribution in [0.15, 0.2) is 47.2 Å². The summed E-state index contributed by atoms with van der Waals surface area (Å²) in [6.45, 7) is 5.89. The van der Waals surface area contributed by atoms with E-state index in [1.54, 1.807) is 40.3 Å². The molecule has 2 aromatic heterocycles. The molecule has 1 aliphatic rings. The molecule has 0 unspecified atom stereocenters. The number of nitrogens with zero attached hydrogens (tertiary/aromatic N) is 5. The van der Waals surface area contributed by atoms with E-state index >= 15 is 0 Å². The van der Waals surface area contributed by atoms with Gasteiger partial charge in [-0.15, -0.1) is 0 Å². The topological polar surface area (TPSA) is 71.3 Å². The van der Waals surface area contributed by atoms with Crippen LogP contribution in [0.4, 0.5) is 5.69 Å². The molecule has 30 heavy (non-hydrogen) atoms. The van der Waals surface area contributed by atoms with Gasteiger partial charge in [-0.2, -0.15) is 5.10 Å². The van der Waals surface area contributed by atoms with Crippen LogP contribution >= 0.6 is 27.5 Å². The van der Waals surface area contributed by atoms with Crippen molar-refractivity contribution in [2.45, 2.75) is 26.8 Å². The number of hydrogen-bond donors (Lipinski definition) is 0. The van der Waals surface area contributed by atoms with Gasteiger partial charge in [-0.05, 0) is 60.5 Å². The van der Waals surface area contributed by atoms with Crippen molar-refractivity contribution >= 4 is 45.0 Å². The summed E-state index contributed by atoms with van der Waals surface area (Å²) >= 11 is 9.65. The molecule has 0 saturated carbocycles. The molecule has 0 radical (unpaired) electrons. The van der Waals surface area contributed by atoms with Gasteiger partial charge < -0.3 is 4.90 Å². The van der Waals surface area contributed by atoms with E-state index in [9.17, 15) is 9.59 Å². The summed E-state index contributed by atoms with van der Waals surface area (Å²) in [7, 11) is 0. The van der Waals surface area contributed by atoms with Gasteiger partial charge in [0.15, 0.2) is 5.82 Å². The summed E-state index contributed by atoms with van der Waals surface area (Å²) in [6, 6.07) is 10.4. The maximum absolute atomic E-state index is 13.7. The van der Waals surface area contributed by atoms with Crippen LogP contribution in [0.2, 0.25) is 5.02 Å². The van der Waals surface area contributed by atoms with Crippen LogP contribution in [0.5, 0.6) is 0 Å². The van der Waals surface area contributed by atoms with Crippen LogP contribution in [0.3, 0.4) is 0 Å². The molecule has 9 heteroatoms. The molecule has 0 aliphatic carbocycles. The van der Waals surface area contributed by atoms with Crippen molar-refractivity contribution in [1.29, 1.82) is 0 Å². The number of para-hydroxylation sites is 1. The largest absolute Gasteiger partial charge is 0.318 e. The third-order valence-corrected chi connectivity index (χ3v) is 5.68. The number of aryl methyl sites for hydroxylation is 1. The van der Waals surface area contributed by atoms with E-state index in [0.717, 1.165) is 5.56 Å². The first-order valence-electron chi connectivity index (χ1n) is 9.38. The van der Waals surface area contributed by atoms with Gasteiger partial charge in [0.25, 0.3) is 11.8 Å². The Morgan fingerprint density at radius 3 is 2.70 bits per heavy atom. The molecule has 1 aliphatic heterocycles. The van der Waals surface area contributed by atoms with E-state index in [-0.39, 0.29) is 30.2 Å². The average molecular weight is 489 g/mol. The number of anilines is 1. The lowest BCUT2D eigenvalue weighted by molar-refractivity contribution is 0.0677. The van der Waals surface area contributed by atoms with E-state index in [1.807, 2.05) is 32.9 Å². The minimum Gasteiger partial charge on any atom is -0.318 e. The molecule has 2 amide bonds. The lowest BCUT2D eigenvalue weighted by Crippen LogP contribution is -2.52. The number of halogens is 2. The molecule has 0 atom stereocenters. The molecule has 1 aromatic carbocycles. The first kappa shape index (κ1) is 20.6. The maximum Gasteiger partial charge on any atom is 0.278 e. The lowest BCUT2D eigenvalue weighted by Gasteiger charge is -2.39. The molecular formula is C21H19BrClN5O2. The predicted molar refractivity (Wildman–Crippen MR) is 118 cm³/mol. The Kier molecular flexibility index (Phi) is 5.38. The Morgan fingerprint density at radius 1 is 1.23 bits per heavy atom. The van der Waals surface area contributed by atoms with Crippen LogP contribution in [0.1, 0.15) is 40.3 Å². The van der Waals surface area contributed by atoms with Crippen LogP contribution in [-0.4, -0.2) is 44.2 Å². The normalized spacial score (nSPS) is 13.7. The number of carbonyl (C=O) groups is 2. The van der Waals surface area contributed by atoms with Gasteiger partial charge in [0.1, 0.15) is 17.0 Å². The quantitative estimate of drug-likeness (QED) is 0.546. The van der Waals surface area contributed by atoms with Crippen LogP contribution in [0.25, 0.3) is 5.82 Å². The summed E-state index contributed by atoms with van der Waals surface area (Å²) < 4.78 is 1.90. The smallest absolute Gasteiger partial charge is 0.278 e. The summed E-state index contributed by atoms with van der Waals surface area (Å²) in [6.07, 6.45) is 1.59. The van der Waals surface area contributed by atoms with Crippen molar-refractivity contribution in [3.63, 3.8) is 0 Å². The van der Waals surface area contributed by atoms with Crippen molar-refractivity contribution in [3.8, 4) is 5.82 Å². The number of pyridine rings is 1. The molecule has 4 rings (SSSR count). The van der Waals surface area contributed by atoms with Gasteiger partial charge >= 0.3 is 0 Å². The first-order chi connectivity index (χ1) is 14.3. The third-order valence-electron chi connectivity index (χ3n) is 5.00. The second kappa shape index (κ2) is 7.85. The van der Waals surface area contributed by atoms with Gasteiger partial charge in [0.2, 0.25) is 0 Å². The van der Waals surface area contributed by atoms with Gasteiger partial charge in [-0.25, -0.2) is 9.67 Å². The number of hydrogen-bond acceptors (Lipinski definition) is 4. The van der Waals surface area contributed by atoms with Crippen molar-refractivity contribution < 1.29 is 9.59 Å². The van der Waals surface area contributed by atoms with Gasteiger partial charge in [0.05, 0.1) is 16.3 Å². The van der Waals surface area contributed by atoms with Gasteiger partial charge in [0, 0.05) is 18.3 Å². The van der Waals surface area contributed by atoms with E-state index in [1.165, 1.54) is 4.68 Å². The van der Waals surface area contributed by atoms with Crippen molar-refractivity contribution in [1.82, 2.24) is 19.7 Å². The third kappa shape index (κ3) is 3.40. The van der Waals surface area contributed by atoms with Crippen LogP contribution in [0, 0.1) is 6.92 Å². The lowest BCUT2D eigenvalue weighted by atomic mass is 10.0. The minimum absolute atomic E-state index is 0.0663. The van der Waals surface area contributed by atoms with Gasteiger partial charge in [-0.3, -0.25) is 14.5 Å². The van der Waals surface area contributed by atoms with Crippen molar-refractivity contribution in [2.75, 3.05) is 11.6 Å². The number of rotatable bonds is 3. The monoisotopic (exact) mass is 487 g/mol. The number of amides is 2. The number of fused-ring (bicyclic) bond motifs is 1. The molecule has 0 N–H and O–H groups in total. The zero-order valence-corrected chi connectivity index (χ0v) is 19.0. The predicted octanol–water partition coefficient (Wildman–Crippen LogP) is 4.46. The molecule has 3 heterocycles. The average Bonchev–Trinajstić information content (AvgIpc) is 3.10. The molecule has 154 valence electrons. The maximum atomic E-state index is 13.7. The SMILES string of the molecule is Cc1cccc2c1N(C(=O)c1cc(Br)nn1-c1ncccc1Cl)CN(C(C)C)C2=O. The van der Waals surface area contributed by atoms with Crippen LogP contribution < -0.4 is 4.90 Å². The van der Waals surface area contributed by atoms with E-state index in [0.29, 0.717) is 26.7 Å². The summed E-state index contributed by atoms with van der Waals surface area (Å²) in [5.41, 5.74) is 2.25.